The van der Waals surface area contributed by atoms with Crippen LogP contribution >= 0.6 is 0 Å². The first-order valence-corrected chi connectivity index (χ1v) is 21.6. The van der Waals surface area contributed by atoms with Crippen molar-refractivity contribution in [3.05, 3.63) is 108 Å². The van der Waals surface area contributed by atoms with Crippen LogP contribution in [0.5, 0.6) is 11.5 Å². The number of allylic oxidation sites excluding steroid dienone is 4. The van der Waals surface area contributed by atoms with Gasteiger partial charge >= 0.3 is 36.4 Å². The number of Topliss-reactive ketones (excluding diaryl/α,β-unsaturated/α-hetero) is 2. The second-order valence-electron chi connectivity index (χ2n) is 16.5. The topological polar surface area (TPSA) is 217 Å². The van der Waals surface area contributed by atoms with Gasteiger partial charge in [-0.15, -0.1) is 0 Å². The Balaban J connectivity index is 1.27. The third-order valence-electron chi connectivity index (χ3n) is 11.4. The first-order valence-electron chi connectivity index (χ1n) is 21.6. The molecule has 2 saturated carbocycles. The minimum atomic E-state index is -2.53. The highest BCUT2D eigenvalue weighted by atomic mass is 17.2. The average Bonchev–Trinajstić information content (AvgIpc) is 3.31. The van der Waals surface area contributed by atoms with Crippen LogP contribution < -0.4 is 9.47 Å². The molecule has 4 aliphatic carbocycles. The van der Waals surface area contributed by atoms with Crippen LogP contribution in [-0.2, 0) is 38.3 Å². The van der Waals surface area contributed by atoms with E-state index < -0.39 is 71.0 Å². The van der Waals surface area contributed by atoms with Crippen molar-refractivity contribution in [1.29, 1.82) is 0 Å². The molecule has 0 radical (unpaired) electrons. The van der Waals surface area contributed by atoms with Crippen LogP contribution in [0.2, 0.25) is 0 Å². The summed E-state index contributed by atoms with van der Waals surface area (Å²) in [4.78, 5) is 122. The smallest absolute Gasteiger partial charge is 0.431 e. The molecule has 4 unspecified atom stereocenters. The number of carbonyl (C=O) groups is 8. The zero-order valence-electron chi connectivity index (χ0n) is 37.0. The van der Waals surface area contributed by atoms with Crippen molar-refractivity contribution in [3.63, 3.8) is 0 Å². The molecule has 0 saturated heterocycles. The third-order valence-corrected chi connectivity index (χ3v) is 11.4. The lowest BCUT2D eigenvalue weighted by atomic mass is 9.77. The molecule has 0 aliphatic heterocycles. The average molecular weight is 913 g/mol. The second-order valence-corrected chi connectivity index (χ2v) is 16.5. The number of carbonyl (C=O) groups excluding carboxylic acids is 8. The molecule has 0 aromatic heterocycles. The van der Waals surface area contributed by atoms with Crippen LogP contribution in [0.25, 0.3) is 0 Å². The van der Waals surface area contributed by atoms with Gasteiger partial charge in [-0.1, -0.05) is 73.6 Å². The number of rotatable bonds is 12. The summed E-state index contributed by atoms with van der Waals surface area (Å²) in [6.45, 7) is 0. The van der Waals surface area contributed by atoms with Gasteiger partial charge < -0.3 is 38.2 Å². The number of para-hydroxylation sites is 2. The minimum Gasteiger partial charge on any atom is -0.431 e. The number of benzene rings is 2. The zero-order valence-corrected chi connectivity index (χ0v) is 37.0. The molecule has 2 aromatic rings. The van der Waals surface area contributed by atoms with Crippen LogP contribution in [0.15, 0.2) is 97.1 Å². The largest absolute Gasteiger partial charge is 0.514 e. The van der Waals surface area contributed by atoms with Crippen LogP contribution in [0.4, 0.5) is 19.2 Å². The van der Waals surface area contributed by atoms with Gasteiger partial charge in [0.1, 0.15) is 35.5 Å². The molecule has 18 nitrogen and oxygen atoms in total. The van der Waals surface area contributed by atoms with Gasteiger partial charge in [0, 0.05) is 28.2 Å². The summed E-state index contributed by atoms with van der Waals surface area (Å²) < 4.78 is 33.5. The zero-order chi connectivity index (χ0) is 47.4. The third kappa shape index (κ3) is 11.2. The second kappa shape index (κ2) is 21.6. The molecule has 18 heteroatoms. The predicted molar refractivity (Wildman–Crippen MR) is 231 cm³/mol. The number of ketones is 2. The standard InChI is InChI=1S/C48H52N2O16/c1-49(2)43(55)63-47(39(51)33-23-11-13-27-37(33)61-45(57)59-31-19-7-5-8-20-31)29-17-15-25-35(47)41(53)65-66-42(54)36-26-16-18-30-48(36,64-44(56)50(3)4)40(52)34-24-12-14-28-38(34)62-46(58)60-32-21-9-6-10-22-32/h11-18,23-32,35-36H,5-10,19-22H2,1-4H3. The molecular formula is C48H52N2O16. The van der Waals surface area contributed by atoms with Crippen LogP contribution in [0.3, 0.4) is 0 Å². The fourth-order valence-corrected chi connectivity index (χ4v) is 7.90. The molecule has 0 spiro atoms. The number of ether oxygens (including phenoxy) is 6. The van der Waals surface area contributed by atoms with Crippen LogP contribution in [-0.4, -0.2) is 109 Å². The highest BCUT2D eigenvalue weighted by molar-refractivity contribution is 6.11. The Bertz CT molecular complexity index is 2140. The van der Waals surface area contributed by atoms with Gasteiger partial charge in [-0.05, 0) is 87.8 Å². The number of hydrogen-bond acceptors (Lipinski definition) is 16. The maximum absolute atomic E-state index is 14.7. The van der Waals surface area contributed by atoms with E-state index in [1.54, 1.807) is 0 Å². The summed E-state index contributed by atoms with van der Waals surface area (Å²) in [6.07, 6.45) is 13.1. The fraction of sp³-hybridized carbons (Fsp3) is 0.417. The van der Waals surface area contributed by atoms with E-state index in [1.807, 2.05) is 0 Å². The summed E-state index contributed by atoms with van der Waals surface area (Å²) in [5, 5.41) is 0. The number of nitrogens with zero attached hydrogens (tertiary/aromatic N) is 2. The van der Waals surface area contributed by atoms with Crippen molar-refractivity contribution >= 4 is 48.0 Å². The highest BCUT2D eigenvalue weighted by Crippen LogP contribution is 2.39. The summed E-state index contributed by atoms with van der Waals surface area (Å²) in [5.41, 5.74) is -5.61. The van der Waals surface area contributed by atoms with E-state index >= 15 is 0 Å². The normalized spacial score (nSPS) is 22.5. The van der Waals surface area contributed by atoms with Crippen molar-refractivity contribution < 1.29 is 76.6 Å². The van der Waals surface area contributed by atoms with E-state index in [9.17, 15) is 38.4 Å². The Morgan fingerprint density at radius 3 is 1.23 bits per heavy atom. The predicted octanol–water partition coefficient (Wildman–Crippen LogP) is 7.81. The minimum absolute atomic E-state index is 0.261. The molecule has 66 heavy (non-hydrogen) atoms. The summed E-state index contributed by atoms with van der Waals surface area (Å²) >= 11 is 0. The lowest BCUT2D eigenvalue weighted by Gasteiger charge is -2.36. The Morgan fingerprint density at radius 2 is 0.864 bits per heavy atom. The van der Waals surface area contributed by atoms with E-state index in [1.165, 1.54) is 113 Å². The lowest BCUT2D eigenvalue weighted by molar-refractivity contribution is -0.267. The van der Waals surface area contributed by atoms with E-state index in [0.29, 0.717) is 25.7 Å². The van der Waals surface area contributed by atoms with E-state index in [2.05, 4.69) is 0 Å². The highest BCUT2D eigenvalue weighted by Gasteiger charge is 2.56. The van der Waals surface area contributed by atoms with E-state index in [4.69, 9.17) is 38.2 Å². The Kier molecular flexibility index (Phi) is 15.8. The van der Waals surface area contributed by atoms with Crippen molar-refractivity contribution in [1.82, 2.24) is 9.80 Å². The molecule has 6 rings (SSSR count). The Morgan fingerprint density at radius 1 is 0.500 bits per heavy atom. The number of hydrogen-bond donors (Lipinski definition) is 0. The van der Waals surface area contributed by atoms with Crippen molar-refractivity contribution in [2.75, 3.05) is 28.2 Å². The van der Waals surface area contributed by atoms with Gasteiger partial charge in [0.25, 0.3) is 0 Å². The molecule has 2 fully saturated rings. The van der Waals surface area contributed by atoms with Gasteiger partial charge in [-0.25, -0.2) is 38.5 Å². The molecule has 0 bridgehead atoms. The number of amides is 2. The fourth-order valence-electron chi connectivity index (χ4n) is 7.90. The Labute approximate surface area is 380 Å². The summed E-state index contributed by atoms with van der Waals surface area (Å²) in [5.74, 6) is -9.11. The molecule has 4 atom stereocenters. The van der Waals surface area contributed by atoms with Gasteiger partial charge in [0.2, 0.25) is 22.8 Å². The molecule has 2 aromatic carbocycles. The van der Waals surface area contributed by atoms with E-state index in [0.717, 1.165) is 60.5 Å². The lowest BCUT2D eigenvalue weighted by Crippen LogP contribution is -2.54. The molecule has 4 aliphatic rings. The molecule has 350 valence electrons. The maximum atomic E-state index is 14.7. The van der Waals surface area contributed by atoms with Crippen LogP contribution in [0.1, 0.15) is 84.9 Å². The maximum Gasteiger partial charge on any atom is 0.514 e. The summed E-state index contributed by atoms with van der Waals surface area (Å²) in [7, 11) is 5.36. The van der Waals surface area contributed by atoms with Crippen molar-refractivity contribution in [2.45, 2.75) is 87.6 Å². The first-order chi connectivity index (χ1) is 31.6. The van der Waals surface area contributed by atoms with Gasteiger partial charge in [0.15, 0.2) is 0 Å². The molecule has 0 N–H and O–H groups in total. The molecule has 0 heterocycles. The monoisotopic (exact) mass is 912 g/mol. The van der Waals surface area contributed by atoms with Crippen molar-refractivity contribution in [2.24, 2.45) is 11.8 Å². The quantitative estimate of drug-likeness (QED) is 0.0495. The SMILES string of the molecule is CN(C)C(=O)OC1(C(=O)c2ccccc2OC(=O)OC2CCCCC2)C=CC=CC1C(=O)OOC(=O)C1C=CC=CC1(OC(=O)N(C)C)C(=O)c1ccccc1OC(=O)OC1CCCCC1. The molecular weight excluding hydrogens is 861 g/mol. The van der Waals surface area contributed by atoms with Gasteiger partial charge in [0.05, 0.1) is 11.1 Å². The Hall–Kier alpha value is -7.24. The van der Waals surface area contributed by atoms with Gasteiger partial charge in [-0.3, -0.25) is 9.59 Å². The first kappa shape index (κ1) is 48.2. The van der Waals surface area contributed by atoms with Gasteiger partial charge in [-0.2, -0.15) is 0 Å². The van der Waals surface area contributed by atoms with Crippen molar-refractivity contribution in [3.8, 4) is 11.5 Å². The molecule has 2 amide bonds. The summed E-state index contributed by atoms with van der Waals surface area (Å²) in [6, 6.07) is 11.1. The van der Waals surface area contributed by atoms with Crippen LogP contribution in [0, 0.1) is 11.8 Å². The van der Waals surface area contributed by atoms with E-state index in [-0.39, 0.29) is 34.8 Å².